The zero-order chi connectivity index (χ0) is 12.4. The van der Waals surface area contributed by atoms with Crippen molar-refractivity contribution in [3.8, 4) is 0 Å². The summed E-state index contributed by atoms with van der Waals surface area (Å²) in [6.45, 7) is 8.92. The number of nitrogens with zero attached hydrogens (tertiary/aromatic N) is 2. The highest BCUT2D eigenvalue weighted by atomic mass is 15.3. The molecule has 2 aliphatic heterocycles. The highest BCUT2D eigenvalue weighted by molar-refractivity contribution is 4.89. The van der Waals surface area contributed by atoms with Crippen LogP contribution in [0.5, 0.6) is 0 Å². The summed E-state index contributed by atoms with van der Waals surface area (Å²) in [7, 11) is 0. The van der Waals surface area contributed by atoms with Gasteiger partial charge in [-0.15, -0.1) is 0 Å². The number of nitrogens with one attached hydrogen (secondary N) is 1. The predicted molar refractivity (Wildman–Crippen MR) is 75.9 cm³/mol. The van der Waals surface area contributed by atoms with Crippen molar-refractivity contribution in [2.75, 3.05) is 32.7 Å². The standard InChI is InChI=1S/C15H29N3/c1-13-11-18-9-3-2-5-15(18)12-17(13)10-4-8-16-14-6-7-14/h13-16H,2-12H2,1H3. The van der Waals surface area contributed by atoms with Gasteiger partial charge in [0.05, 0.1) is 0 Å². The number of hydrogen-bond donors (Lipinski definition) is 1. The van der Waals surface area contributed by atoms with Gasteiger partial charge in [0.25, 0.3) is 0 Å². The van der Waals surface area contributed by atoms with Crippen LogP contribution in [-0.2, 0) is 0 Å². The molecule has 18 heavy (non-hydrogen) atoms. The summed E-state index contributed by atoms with van der Waals surface area (Å²) in [6, 6.07) is 2.50. The van der Waals surface area contributed by atoms with E-state index in [0.717, 1.165) is 18.1 Å². The largest absolute Gasteiger partial charge is 0.314 e. The monoisotopic (exact) mass is 251 g/mol. The Morgan fingerprint density at radius 1 is 1.11 bits per heavy atom. The molecule has 3 heteroatoms. The van der Waals surface area contributed by atoms with E-state index in [2.05, 4.69) is 22.0 Å². The van der Waals surface area contributed by atoms with Gasteiger partial charge in [0.15, 0.2) is 0 Å². The molecule has 0 radical (unpaired) electrons. The third-order valence-electron chi connectivity index (χ3n) is 4.95. The van der Waals surface area contributed by atoms with Gasteiger partial charge in [0.2, 0.25) is 0 Å². The van der Waals surface area contributed by atoms with E-state index < -0.39 is 0 Å². The maximum Gasteiger partial charge on any atom is 0.0223 e. The molecule has 0 amide bonds. The number of piperazine rings is 1. The second-order valence-electron chi connectivity index (χ2n) is 6.57. The fraction of sp³-hybridized carbons (Fsp3) is 1.00. The molecular formula is C15H29N3. The Morgan fingerprint density at radius 2 is 2.00 bits per heavy atom. The molecule has 2 atom stereocenters. The zero-order valence-corrected chi connectivity index (χ0v) is 11.9. The molecule has 3 fully saturated rings. The first-order chi connectivity index (χ1) is 8.83. The molecule has 0 bridgehead atoms. The van der Waals surface area contributed by atoms with Crippen molar-refractivity contribution in [1.29, 1.82) is 0 Å². The molecule has 2 heterocycles. The molecule has 0 aromatic heterocycles. The van der Waals surface area contributed by atoms with Crippen LogP contribution in [0.1, 0.15) is 45.4 Å². The van der Waals surface area contributed by atoms with Gasteiger partial charge in [-0.05, 0) is 58.7 Å². The van der Waals surface area contributed by atoms with Crippen LogP contribution in [-0.4, -0.2) is 60.6 Å². The number of rotatable bonds is 5. The minimum Gasteiger partial charge on any atom is -0.314 e. The van der Waals surface area contributed by atoms with Gasteiger partial charge in [-0.3, -0.25) is 9.80 Å². The van der Waals surface area contributed by atoms with Crippen LogP contribution in [0, 0.1) is 0 Å². The van der Waals surface area contributed by atoms with Crippen molar-refractivity contribution >= 4 is 0 Å². The normalized spacial score (nSPS) is 34.5. The predicted octanol–water partition coefficient (Wildman–Crippen LogP) is 1.69. The average molecular weight is 251 g/mol. The number of piperidine rings is 1. The summed E-state index contributed by atoms with van der Waals surface area (Å²) in [6.07, 6.45) is 8.46. The van der Waals surface area contributed by atoms with Crippen molar-refractivity contribution in [2.24, 2.45) is 0 Å². The van der Waals surface area contributed by atoms with E-state index in [1.807, 2.05) is 0 Å². The van der Waals surface area contributed by atoms with Crippen LogP contribution < -0.4 is 5.32 Å². The SMILES string of the molecule is CC1CN2CCCCC2CN1CCCNC1CC1. The van der Waals surface area contributed by atoms with Crippen LogP contribution in [0.15, 0.2) is 0 Å². The molecule has 3 rings (SSSR count). The summed E-state index contributed by atoms with van der Waals surface area (Å²) in [4.78, 5) is 5.48. The first-order valence-electron chi connectivity index (χ1n) is 8.04. The molecule has 0 aromatic rings. The number of hydrogen-bond acceptors (Lipinski definition) is 3. The van der Waals surface area contributed by atoms with Gasteiger partial charge in [-0.25, -0.2) is 0 Å². The molecule has 104 valence electrons. The molecule has 1 saturated carbocycles. The summed E-state index contributed by atoms with van der Waals surface area (Å²) >= 11 is 0. The minimum atomic E-state index is 0.764. The Hall–Kier alpha value is -0.120. The fourth-order valence-electron chi connectivity index (χ4n) is 3.60. The van der Waals surface area contributed by atoms with E-state index in [0.29, 0.717) is 0 Å². The van der Waals surface area contributed by atoms with Gasteiger partial charge in [0, 0.05) is 31.2 Å². The van der Waals surface area contributed by atoms with Gasteiger partial charge < -0.3 is 5.32 Å². The van der Waals surface area contributed by atoms with Crippen molar-refractivity contribution in [3.05, 3.63) is 0 Å². The highest BCUT2D eigenvalue weighted by Crippen LogP contribution is 2.24. The highest BCUT2D eigenvalue weighted by Gasteiger charge is 2.32. The maximum atomic E-state index is 3.63. The smallest absolute Gasteiger partial charge is 0.0223 e. The van der Waals surface area contributed by atoms with Gasteiger partial charge in [-0.1, -0.05) is 6.42 Å². The molecule has 3 aliphatic rings. The first-order valence-corrected chi connectivity index (χ1v) is 8.04. The van der Waals surface area contributed by atoms with Gasteiger partial charge in [0.1, 0.15) is 0 Å². The Kier molecular flexibility index (Phi) is 4.22. The van der Waals surface area contributed by atoms with E-state index in [1.165, 1.54) is 71.2 Å². The second kappa shape index (κ2) is 5.89. The van der Waals surface area contributed by atoms with Crippen molar-refractivity contribution in [1.82, 2.24) is 15.1 Å². The molecule has 2 saturated heterocycles. The topological polar surface area (TPSA) is 18.5 Å². The van der Waals surface area contributed by atoms with Crippen LogP contribution in [0.2, 0.25) is 0 Å². The third kappa shape index (κ3) is 3.25. The van der Waals surface area contributed by atoms with Crippen molar-refractivity contribution in [2.45, 2.75) is 63.6 Å². The lowest BCUT2D eigenvalue weighted by atomic mass is 9.97. The molecule has 1 aliphatic carbocycles. The third-order valence-corrected chi connectivity index (χ3v) is 4.95. The molecule has 0 spiro atoms. The average Bonchev–Trinajstić information content (AvgIpc) is 3.19. The lowest BCUT2D eigenvalue weighted by Gasteiger charge is -2.47. The van der Waals surface area contributed by atoms with Crippen LogP contribution in [0.25, 0.3) is 0 Å². The van der Waals surface area contributed by atoms with Gasteiger partial charge >= 0.3 is 0 Å². The second-order valence-corrected chi connectivity index (χ2v) is 6.57. The lowest BCUT2D eigenvalue weighted by molar-refractivity contribution is 0.0150. The van der Waals surface area contributed by atoms with Crippen molar-refractivity contribution < 1.29 is 0 Å². The molecule has 0 aromatic carbocycles. The Morgan fingerprint density at radius 3 is 2.83 bits per heavy atom. The maximum absolute atomic E-state index is 3.63. The van der Waals surface area contributed by atoms with Crippen LogP contribution in [0.4, 0.5) is 0 Å². The fourth-order valence-corrected chi connectivity index (χ4v) is 3.60. The van der Waals surface area contributed by atoms with E-state index in [-0.39, 0.29) is 0 Å². The molecule has 1 N–H and O–H groups in total. The summed E-state index contributed by atoms with van der Waals surface area (Å²) in [5, 5.41) is 3.63. The zero-order valence-electron chi connectivity index (χ0n) is 11.9. The summed E-state index contributed by atoms with van der Waals surface area (Å²) in [5.41, 5.74) is 0. The molecular weight excluding hydrogens is 222 g/mol. The van der Waals surface area contributed by atoms with Crippen molar-refractivity contribution in [3.63, 3.8) is 0 Å². The lowest BCUT2D eigenvalue weighted by Crippen LogP contribution is -2.58. The molecule has 3 nitrogen and oxygen atoms in total. The van der Waals surface area contributed by atoms with E-state index in [4.69, 9.17) is 0 Å². The van der Waals surface area contributed by atoms with E-state index in [9.17, 15) is 0 Å². The Labute approximate surface area is 112 Å². The van der Waals surface area contributed by atoms with E-state index in [1.54, 1.807) is 0 Å². The summed E-state index contributed by atoms with van der Waals surface area (Å²) < 4.78 is 0. The van der Waals surface area contributed by atoms with Crippen LogP contribution >= 0.6 is 0 Å². The van der Waals surface area contributed by atoms with Gasteiger partial charge in [-0.2, -0.15) is 0 Å². The van der Waals surface area contributed by atoms with E-state index >= 15 is 0 Å². The minimum absolute atomic E-state index is 0.764. The number of fused-ring (bicyclic) bond motifs is 1. The Balaban J connectivity index is 1.40. The Bertz CT molecular complexity index is 264. The summed E-state index contributed by atoms with van der Waals surface area (Å²) in [5.74, 6) is 0. The first kappa shape index (κ1) is 12.9. The molecule has 2 unspecified atom stereocenters. The van der Waals surface area contributed by atoms with Crippen LogP contribution in [0.3, 0.4) is 0 Å². The quantitative estimate of drug-likeness (QED) is 0.750.